The van der Waals surface area contributed by atoms with E-state index in [1.54, 1.807) is 18.2 Å². The summed E-state index contributed by atoms with van der Waals surface area (Å²) in [6.07, 6.45) is 0.931. The van der Waals surface area contributed by atoms with Crippen LogP contribution in [-0.2, 0) is 17.8 Å². The molecule has 0 saturated carbocycles. The van der Waals surface area contributed by atoms with Crippen LogP contribution in [-0.4, -0.2) is 22.5 Å². The van der Waals surface area contributed by atoms with Gasteiger partial charge in [-0.2, -0.15) is 5.10 Å². The van der Waals surface area contributed by atoms with Gasteiger partial charge >= 0.3 is 0 Å². The van der Waals surface area contributed by atoms with Crippen LogP contribution in [0.1, 0.15) is 12.5 Å². The molecular weight excluding hydrogens is 358 g/mol. The van der Waals surface area contributed by atoms with Crippen LogP contribution in [0, 0.1) is 0 Å². The molecular formula is C21H19N3O4. The lowest BCUT2D eigenvalue weighted by atomic mass is 10.1. The summed E-state index contributed by atoms with van der Waals surface area (Å²) in [7, 11) is 0. The number of carbonyl (C=O) groups excluding carboxylic acids is 1. The molecule has 0 atom stereocenters. The van der Waals surface area contributed by atoms with Gasteiger partial charge in [-0.1, -0.05) is 19.1 Å². The lowest BCUT2D eigenvalue weighted by molar-refractivity contribution is -0.117. The summed E-state index contributed by atoms with van der Waals surface area (Å²) in [5.41, 5.74) is 2.86. The fourth-order valence-electron chi connectivity index (χ4n) is 2.93. The second-order valence-corrected chi connectivity index (χ2v) is 6.38. The highest BCUT2D eigenvalue weighted by atomic mass is 16.7. The van der Waals surface area contributed by atoms with E-state index >= 15 is 0 Å². The number of fused-ring (bicyclic) bond motifs is 1. The lowest BCUT2D eigenvalue weighted by Crippen LogP contribution is -2.29. The van der Waals surface area contributed by atoms with Gasteiger partial charge in [0.25, 0.3) is 5.56 Å². The number of amides is 1. The molecule has 0 radical (unpaired) electrons. The minimum atomic E-state index is -0.346. The van der Waals surface area contributed by atoms with E-state index in [0.717, 1.165) is 16.7 Å². The maximum Gasteiger partial charge on any atom is 0.267 e. The molecule has 0 spiro atoms. The first-order valence-corrected chi connectivity index (χ1v) is 8.99. The van der Waals surface area contributed by atoms with Gasteiger partial charge in [0, 0.05) is 17.3 Å². The summed E-state index contributed by atoms with van der Waals surface area (Å²) < 4.78 is 11.8. The number of aromatic nitrogens is 2. The molecule has 1 amide bonds. The van der Waals surface area contributed by atoms with Gasteiger partial charge in [-0.05, 0) is 48.4 Å². The maximum atomic E-state index is 12.3. The van der Waals surface area contributed by atoms with Crippen LogP contribution < -0.4 is 20.3 Å². The third kappa shape index (κ3) is 3.73. The Labute approximate surface area is 161 Å². The van der Waals surface area contributed by atoms with Crippen molar-refractivity contribution >= 4 is 11.6 Å². The molecule has 7 heteroatoms. The number of hydrogen-bond acceptors (Lipinski definition) is 5. The van der Waals surface area contributed by atoms with E-state index in [1.807, 2.05) is 30.3 Å². The van der Waals surface area contributed by atoms with Crippen LogP contribution in [0.15, 0.2) is 59.4 Å². The van der Waals surface area contributed by atoms with Crippen molar-refractivity contribution in [3.63, 3.8) is 0 Å². The van der Waals surface area contributed by atoms with Crippen molar-refractivity contribution in [2.45, 2.75) is 19.9 Å². The van der Waals surface area contributed by atoms with E-state index in [9.17, 15) is 9.59 Å². The van der Waals surface area contributed by atoms with E-state index in [0.29, 0.717) is 22.9 Å². The first-order chi connectivity index (χ1) is 13.6. The number of carbonyl (C=O) groups is 1. The topological polar surface area (TPSA) is 82.5 Å². The maximum absolute atomic E-state index is 12.3. The first kappa shape index (κ1) is 17.8. The number of benzene rings is 2. The molecule has 3 aromatic rings. The molecule has 1 aromatic heterocycles. The van der Waals surface area contributed by atoms with Crippen LogP contribution in [0.5, 0.6) is 11.5 Å². The Hall–Kier alpha value is -3.61. The van der Waals surface area contributed by atoms with Gasteiger partial charge in [-0.25, -0.2) is 4.68 Å². The molecule has 0 aliphatic carbocycles. The van der Waals surface area contributed by atoms with Gasteiger partial charge in [0.1, 0.15) is 6.54 Å². The zero-order chi connectivity index (χ0) is 19.5. The Balaban J connectivity index is 1.52. The molecule has 1 aliphatic heterocycles. The number of nitrogens with one attached hydrogen (secondary N) is 1. The predicted octanol–water partition coefficient (Wildman–Crippen LogP) is 2.84. The molecule has 2 aromatic carbocycles. The quantitative estimate of drug-likeness (QED) is 0.739. The van der Waals surface area contributed by atoms with E-state index in [4.69, 9.17) is 9.47 Å². The summed E-state index contributed by atoms with van der Waals surface area (Å²) in [6, 6.07) is 16.1. The van der Waals surface area contributed by atoms with Gasteiger partial charge in [0.15, 0.2) is 11.5 Å². The van der Waals surface area contributed by atoms with Crippen LogP contribution in [0.3, 0.4) is 0 Å². The van der Waals surface area contributed by atoms with Gasteiger partial charge in [-0.3, -0.25) is 9.59 Å². The van der Waals surface area contributed by atoms with Crippen molar-refractivity contribution in [2.75, 3.05) is 12.1 Å². The molecule has 4 rings (SSSR count). The molecule has 0 unspecified atom stereocenters. The summed E-state index contributed by atoms with van der Waals surface area (Å²) in [5.74, 6) is 0.984. The molecule has 7 nitrogen and oxygen atoms in total. The third-order valence-corrected chi connectivity index (χ3v) is 4.47. The Morgan fingerprint density at radius 3 is 2.64 bits per heavy atom. The first-order valence-electron chi connectivity index (χ1n) is 8.99. The average molecular weight is 377 g/mol. The van der Waals surface area contributed by atoms with Crippen molar-refractivity contribution < 1.29 is 14.3 Å². The van der Waals surface area contributed by atoms with Crippen molar-refractivity contribution in [2.24, 2.45) is 0 Å². The van der Waals surface area contributed by atoms with Crippen molar-refractivity contribution in [3.8, 4) is 22.8 Å². The van der Waals surface area contributed by atoms with E-state index in [1.165, 1.54) is 11.6 Å². The Kier molecular flexibility index (Phi) is 4.80. The van der Waals surface area contributed by atoms with Crippen molar-refractivity contribution in [1.29, 1.82) is 0 Å². The number of rotatable bonds is 5. The smallest absolute Gasteiger partial charge is 0.267 e. The standard InChI is InChI=1S/C21H19N3O4/c1-2-14-3-6-16(7-4-14)22-20(25)12-24-21(26)10-8-17(23-24)15-5-9-18-19(11-15)28-13-27-18/h3-11H,2,12-13H2,1H3,(H,22,25). The van der Waals surface area contributed by atoms with Gasteiger partial charge < -0.3 is 14.8 Å². The van der Waals surface area contributed by atoms with Gasteiger partial charge in [0.05, 0.1) is 5.69 Å². The minimum Gasteiger partial charge on any atom is -0.454 e. The van der Waals surface area contributed by atoms with Gasteiger partial charge in [-0.15, -0.1) is 0 Å². The summed E-state index contributed by atoms with van der Waals surface area (Å²) in [6.45, 7) is 2.08. The van der Waals surface area contributed by atoms with Gasteiger partial charge in [0.2, 0.25) is 12.7 Å². The summed E-state index contributed by atoms with van der Waals surface area (Å²) >= 11 is 0. The molecule has 0 bridgehead atoms. The highest BCUT2D eigenvalue weighted by Crippen LogP contribution is 2.35. The van der Waals surface area contributed by atoms with Crippen molar-refractivity contribution in [3.05, 3.63) is 70.5 Å². The zero-order valence-corrected chi connectivity index (χ0v) is 15.3. The molecule has 1 aliphatic rings. The minimum absolute atomic E-state index is 0.174. The molecule has 2 heterocycles. The average Bonchev–Trinajstić information content (AvgIpc) is 3.18. The number of hydrogen-bond donors (Lipinski definition) is 1. The molecule has 1 N–H and O–H groups in total. The number of aryl methyl sites for hydroxylation is 1. The number of anilines is 1. The molecule has 28 heavy (non-hydrogen) atoms. The normalized spacial score (nSPS) is 12.0. The Bertz CT molecular complexity index is 1070. The summed E-state index contributed by atoms with van der Waals surface area (Å²) in [4.78, 5) is 24.5. The highest BCUT2D eigenvalue weighted by Gasteiger charge is 2.15. The second-order valence-electron chi connectivity index (χ2n) is 6.38. The van der Waals surface area contributed by atoms with Crippen LogP contribution in [0.2, 0.25) is 0 Å². The summed E-state index contributed by atoms with van der Waals surface area (Å²) in [5, 5.41) is 7.11. The van der Waals surface area contributed by atoms with Crippen LogP contribution in [0.25, 0.3) is 11.3 Å². The van der Waals surface area contributed by atoms with E-state index in [2.05, 4.69) is 17.3 Å². The second kappa shape index (κ2) is 7.56. The SMILES string of the molecule is CCc1ccc(NC(=O)Cn2nc(-c3ccc4c(c3)OCO4)ccc2=O)cc1. The molecule has 0 saturated heterocycles. The largest absolute Gasteiger partial charge is 0.454 e. The van der Waals surface area contributed by atoms with E-state index in [-0.39, 0.29) is 24.8 Å². The highest BCUT2D eigenvalue weighted by molar-refractivity contribution is 5.90. The van der Waals surface area contributed by atoms with Crippen LogP contribution >= 0.6 is 0 Å². The fraction of sp³-hybridized carbons (Fsp3) is 0.190. The van der Waals surface area contributed by atoms with E-state index < -0.39 is 0 Å². The monoisotopic (exact) mass is 377 g/mol. The lowest BCUT2D eigenvalue weighted by Gasteiger charge is -2.09. The molecule has 0 fully saturated rings. The fourth-order valence-corrected chi connectivity index (χ4v) is 2.93. The Morgan fingerprint density at radius 2 is 1.86 bits per heavy atom. The third-order valence-electron chi connectivity index (χ3n) is 4.47. The number of ether oxygens (including phenoxy) is 2. The molecule has 142 valence electrons. The van der Waals surface area contributed by atoms with Crippen molar-refractivity contribution in [1.82, 2.24) is 9.78 Å². The van der Waals surface area contributed by atoms with Crippen LogP contribution in [0.4, 0.5) is 5.69 Å². The zero-order valence-electron chi connectivity index (χ0n) is 15.3. The Morgan fingerprint density at radius 1 is 1.07 bits per heavy atom. The predicted molar refractivity (Wildman–Crippen MR) is 105 cm³/mol. The number of nitrogens with zero attached hydrogens (tertiary/aromatic N) is 2.